The van der Waals surface area contributed by atoms with Crippen LogP contribution in [0.1, 0.15) is 35.4 Å². The van der Waals surface area contributed by atoms with Crippen LogP contribution in [0.5, 0.6) is 0 Å². The van der Waals surface area contributed by atoms with Gasteiger partial charge < -0.3 is 19.4 Å². The number of carbonyl (C=O) groups is 1. The highest BCUT2D eigenvalue weighted by Crippen LogP contribution is 2.34. The average Bonchev–Trinajstić information content (AvgIpc) is 3.23. The summed E-state index contributed by atoms with van der Waals surface area (Å²) >= 11 is 0. The average molecular weight is 335 g/mol. The number of hydrogen-bond donors (Lipinski definition) is 1. The number of aromatic nitrogens is 1. The molecule has 0 bridgehead atoms. The molecule has 6 heteroatoms. The van der Waals surface area contributed by atoms with Crippen molar-refractivity contribution in [1.82, 2.24) is 14.8 Å². The molecule has 24 heavy (non-hydrogen) atoms. The SMILES string of the molecule is CO[C@@H]1CCC[C@H]1[C@@H]1COCCN1Cc1ccc(C(=O)N(C)C)[nH]1. The van der Waals surface area contributed by atoms with Crippen LogP contribution in [0.25, 0.3) is 0 Å². The summed E-state index contributed by atoms with van der Waals surface area (Å²) in [6.07, 6.45) is 3.93. The molecule has 0 radical (unpaired) electrons. The number of carbonyl (C=O) groups excluding carboxylic acids is 1. The monoisotopic (exact) mass is 335 g/mol. The third-order valence-electron chi connectivity index (χ3n) is 5.34. The van der Waals surface area contributed by atoms with Crippen molar-refractivity contribution in [3.05, 3.63) is 23.5 Å². The van der Waals surface area contributed by atoms with Gasteiger partial charge in [-0.25, -0.2) is 0 Å². The standard InChI is InChI=1S/C18H29N3O3/c1-20(2)18(22)15-8-7-13(19-15)11-21-9-10-24-12-16(21)14-5-4-6-17(14)23-3/h7-8,14,16-17,19H,4-6,9-12H2,1-3H3/t14-,16-,17+/m0/s1. The number of methoxy groups -OCH3 is 1. The van der Waals surface area contributed by atoms with Crippen molar-refractivity contribution in [1.29, 1.82) is 0 Å². The molecule has 2 heterocycles. The number of morpholine rings is 1. The Kier molecular flexibility index (Phi) is 5.58. The molecule has 1 saturated heterocycles. The zero-order valence-electron chi connectivity index (χ0n) is 15.0. The zero-order valence-corrected chi connectivity index (χ0v) is 15.0. The van der Waals surface area contributed by atoms with Crippen molar-refractivity contribution in [3.63, 3.8) is 0 Å². The van der Waals surface area contributed by atoms with E-state index in [9.17, 15) is 4.79 Å². The summed E-state index contributed by atoms with van der Waals surface area (Å²) in [5.74, 6) is 0.545. The Morgan fingerprint density at radius 3 is 3.00 bits per heavy atom. The van der Waals surface area contributed by atoms with E-state index in [2.05, 4.69) is 9.88 Å². The Labute approximate surface area is 144 Å². The lowest BCUT2D eigenvalue weighted by atomic mass is 9.94. The molecule has 134 valence electrons. The van der Waals surface area contributed by atoms with Crippen LogP contribution >= 0.6 is 0 Å². The number of amides is 1. The summed E-state index contributed by atoms with van der Waals surface area (Å²) in [7, 11) is 5.36. The van der Waals surface area contributed by atoms with Crippen molar-refractivity contribution < 1.29 is 14.3 Å². The van der Waals surface area contributed by atoms with E-state index in [1.807, 2.05) is 19.2 Å². The normalized spacial score (nSPS) is 28.2. The lowest BCUT2D eigenvalue weighted by molar-refractivity contribution is -0.0611. The molecule has 0 aromatic carbocycles. The van der Waals surface area contributed by atoms with E-state index in [0.717, 1.165) is 38.4 Å². The highest BCUT2D eigenvalue weighted by atomic mass is 16.5. The van der Waals surface area contributed by atoms with Gasteiger partial charge in [0.05, 0.1) is 19.3 Å². The van der Waals surface area contributed by atoms with E-state index in [-0.39, 0.29) is 5.91 Å². The van der Waals surface area contributed by atoms with Gasteiger partial charge in [0.25, 0.3) is 5.91 Å². The van der Waals surface area contributed by atoms with E-state index in [4.69, 9.17) is 9.47 Å². The summed E-state index contributed by atoms with van der Waals surface area (Å²) in [5, 5.41) is 0. The van der Waals surface area contributed by atoms with Gasteiger partial charge in [0, 0.05) is 51.9 Å². The largest absolute Gasteiger partial charge is 0.381 e. The first-order valence-corrected chi connectivity index (χ1v) is 8.84. The van der Waals surface area contributed by atoms with Gasteiger partial charge in [0.2, 0.25) is 0 Å². The highest BCUT2D eigenvalue weighted by molar-refractivity contribution is 5.92. The van der Waals surface area contributed by atoms with Gasteiger partial charge in [0.1, 0.15) is 5.69 Å². The molecule has 1 aliphatic heterocycles. The molecule has 2 aliphatic rings. The van der Waals surface area contributed by atoms with Crippen molar-refractivity contribution >= 4 is 5.91 Å². The molecule has 3 rings (SSSR count). The highest BCUT2D eigenvalue weighted by Gasteiger charge is 2.38. The number of rotatable bonds is 5. The van der Waals surface area contributed by atoms with Gasteiger partial charge in [-0.3, -0.25) is 9.69 Å². The minimum Gasteiger partial charge on any atom is -0.381 e. The summed E-state index contributed by atoms with van der Waals surface area (Å²) in [5.41, 5.74) is 1.73. The van der Waals surface area contributed by atoms with E-state index in [1.165, 1.54) is 12.8 Å². The maximum absolute atomic E-state index is 12.0. The Hall–Kier alpha value is -1.37. The van der Waals surface area contributed by atoms with Crippen LogP contribution in [0.15, 0.2) is 12.1 Å². The molecule has 1 N–H and O–H groups in total. The predicted molar refractivity (Wildman–Crippen MR) is 92.0 cm³/mol. The van der Waals surface area contributed by atoms with E-state index in [1.54, 1.807) is 19.0 Å². The molecular formula is C18H29N3O3. The first-order valence-electron chi connectivity index (χ1n) is 8.84. The zero-order chi connectivity index (χ0) is 17.1. The van der Waals surface area contributed by atoms with Gasteiger partial charge in [0.15, 0.2) is 0 Å². The van der Waals surface area contributed by atoms with Crippen LogP contribution in [-0.4, -0.2) is 73.8 Å². The number of nitrogens with one attached hydrogen (secondary N) is 1. The van der Waals surface area contributed by atoms with Crippen molar-refractivity contribution in [2.45, 2.75) is 38.0 Å². The topological polar surface area (TPSA) is 57.8 Å². The number of H-pyrrole nitrogens is 1. The van der Waals surface area contributed by atoms with Gasteiger partial charge in [-0.15, -0.1) is 0 Å². The second kappa shape index (κ2) is 7.68. The maximum atomic E-state index is 12.0. The lowest BCUT2D eigenvalue weighted by Crippen LogP contribution is -2.50. The quantitative estimate of drug-likeness (QED) is 0.890. The molecule has 6 nitrogen and oxygen atoms in total. The molecule has 1 amide bonds. The molecule has 1 saturated carbocycles. The summed E-state index contributed by atoms with van der Waals surface area (Å²) < 4.78 is 11.5. The Bertz CT molecular complexity index is 557. The van der Waals surface area contributed by atoms with Gasteiger partial charge in [-0.05, 0) is 25.0 Å². The summed E-state index contributed by atoms with van der Waals surface area (Å²) in [4.78, 5) is 19.4. The fraction of sp³-hybridized carbons (Fsp3) is 0.722. The van der Waals surface area contributed by atoms with Crippen molar-refractivity contribution in [3.8, 4) is 0 Å². The lowest BCUT2D eigenvalue weighted by Gasteiger charge is -2.40. The number of aromatic amines is 1. The smallest absolute Gasteiger partial charge is 0.269 e. The van der Waals surface area contributed by atoms with Crippen LogP contribution in [-0.2, 0) is 16.0 Å². The van der Waals surface area contributed by atoms with Gasteiger partial charge in [-0.1, -0.05) is 6.42 Å². The van der Waals surface area contributed by atoms with Crippen LogP contribution in [0, 0.1) is 5.92 Å². The fourth-order valence-electron chi connectivity index (χ4n) is 4.05. The molecule has 0 spiro atoms. The van der Waals surface area contributed by atoms with E-state index >= 15 is 0 Å². The molecule has 0 unspecified atom stereocenters. The van der Waals surface area contributed by atoms with E-state index < -0.39 is 0 Å². The van der Waals surface area contributed by atoms with Crippen LogP contribution < -0.4 is 0 Å². The second-order valence-corrected chi connectivity index (χ2v) is 7.08. The van der Waals surface area contributed by atoms with Crippen molar-refractivity contribution in [2.24, 2.45) is 5.92 Å². The van der Waals surface area contributed by atoms with Crippen molar-refractivity contribution in [2.75, 3.05) is 41.0 Å². The minimum atomic E-state index is 0.00928. The number of nitrogens with zero attached hydrogens (tertiary/aromatic N) is 2. The molecule has 2 fully saturated rings. The summed E-state index contributed by atoms with van der Waals surface area (Å²) in [6.45, 7) is 3.29. The fourth-order valence-corrected chi connectivity index (χ4v) is 4.05. The van der Waals surface area contributed by atoms with Crippen LogP contribution in [0.4, 0.5) is 0 Å². The molecule has 1 aromatic heterocycles. The third-order valence-corrected chi connectivity index (χ3v) is 5.34. The summed E-state index contributed by atoms with van der Waals surface area (Å²) in [6, 6.07) is 4.29. The Balaban J connectivity index is 1.69. The van der Waals surface area contributed by atoms with E-state index in [0.29, 0.717) is 23.8 Å². The van der Waals surface area contributed by atoms with Crippen LogP contribution in [0.2, 0.25) is 0 Å². The first kappa shape index (κ1) is 17.5. The number of hydrogen-bond acceptors (Lipinski definition) is 4. The Morgan fingerprint density at radius 1 is 1.42 bits per heavy atom. The predicted octanol–water partition coefficient (Wildman–Crippen LogP) is 1.73. The molecule has 3 atom stereocenters. The minimum absolute atomic E-state index is 0.00928. The number of ether oxygens (including phenoxy) is 2. The third kappa shape index (κ3) is 3.66. The van der Waals surface area contributed by atoms with Gasteiger partial charge in [-0.2, -0.15) is 0 Å². The second-order valence-electron chi connectivity index (χ2n) is 7.08. The maximum Gasteiger partial charge on any atom is 0.269 e. The molecule has 1 aliphatic carbocycles. The van der Waals surface area contributed by atoms with Crippen LogP contribution in [0.3, 0.4) is 0 Å². The van der Waals surface area contributed by atoms with Gasteiger partial charge >= 0.3 is 0 Å². The molecular weight excluding hydrogens is 306 g/mol. The Morgan fingerprint density at radius 2 is 2.25 bits per heavy atom. The molecule has 1 aromatic rings. The first-order chi connectivity index (χ1) is 11.6.